The van der Waals surface area contributed by atoms with Crippen LogP contribution in [0.4, 0.5) is 5.69 Å². The molecule has 1 unspecified atom stereocenters. The van der Waals surface area contributed by atoms with Crippen molar-refractivity contribution >= 4 is 11.6 Å². The number of carbonyl (C=O) groups is 1. The van der Waals surface area contributed by atoms with E-state index >= 15 is 0 Å². The lowest BCUT2D eigenvalue weighted by Crippen LogP contribution is -2.32. The first-order chi connectivity index (χ1) is 9.41. The summed E-state index contributed by atoms with van der Waals surface area (Å²) in [4.78, 5) is 11.3. The first kappa shape index (κ1) is 14.7. The van der Waals surface area contributed by atoms with Crippen molar-refractivity contribution in [3.63, 3.8) is 0 Å². The van der Waals surface area contributed by atoms with Gasteiger partial charge in [-0.05, 0) is 42.9 Å². The van der Waals surface area contributed by atoms with Crippen molar-refractivity contribution in [3.05, 3.63) is 23.8 Å². The Hall–Kier alpha value is -1.71. The molecule has 20 heavy (non-hydrogen) atoms. The van der Waals surface area contributed by atoms with Gasteiger partial charge in [0.2, 0.25) is 5.91 Å². The number of nitrogens with two attached hydrogens (primary N) is 1. The molecule has 4 heteroatoms. The summed E-state index contributed by atoms with van der Waals surface area (Å²) in [7, 11) is 1.63. The van der Waals surface area contributed by atoms with Gasteiger partial charge in [-0.1, -0.05) is 20.3 Å². The van der Waals surface area contributed by atoms with E-state index in [9.17, 15) is 4.79 Å². The maximum absolute atomic E-state index is 11.3. The van der Waals surface area contributed by atoms with Crippen molar-refractivity contribution in [2.45, 2.75) is 45.6 Å². The lowest BCUT2D eigenvalue weighted by Gasteiger charge is -2.36. The fourth-order valence-corrected chi connectivity index (χ4v) is 3.02. The number of carbonyl (C=O) groups excluding carboxylic acids is 1. The summed E-state index contributed by atoms with van der Waals surface area (Å²) in [5.41, 5.74) is 7.06. The van der Waals surface area contributed by atoms with Crippen LogP contribution >= 0.6 is 0 Å². The third-order valence-corrected chi connectivity index (χ3v) is 4.05. The Morgan fingerprint density at radius 2 is 2.20 bits per heavy atom. The maximum atomic E-state index is 11.3. The molecule has 0 spiro atoms. The van der Waals surface area contributed by atoms with Crippen LogP contribution < -0.4 is 15.8 Å². The number of rotatable bonds is 4. The van der Waals surface area contributed by atoms with E-state index in [0.717, 1.165) is 24.3 Å². The van der Waals surface area contributed by atoms with Crippen LogP contribution in [0.1, 0.15) is 49.9 Å². The Labute approximate surface area is 120 Å². The average molecular weight is 276 g/mol. The van der Waals surface area contributed by atoms with Gasteiger partial charge >= 0.3 is 0 Å². The second-order valence-corrected chi connectivity index (χ2v) is 6.38. The van der Waals surface area contributed by atoms with Gasteiger partial charge in [-0.3, -0.25) is 4.79 Å². The molecule has 0 radical (unpaired) electrons. The number of amides is 1. The summed E-state index contributed by atoms with van der Waals surface area (Å²) in [5, 5.41) is 3.52. The van der Waals surface area contributed by atoms with Crippen molar-refractivity contribution < 1.29 is 9.53 Å². The molecule has 1 aromatic carbocycles. The molecule has 1 aliphatic rings. The summed E-state index contributed by atoms with van der Waals surface area (Å²) < 4.78 is 5.36. The van der Waals surface area contributed by atoms with Crippen LogP contribution in [-0.2, 0) is 0 Å². The van der Waals surface area contributed by atoms with Crippen molar-refractivity contribution in [1.82, 2.24) is 0 Å². The zero-order valence-corrected chi connectivity index (χ0v) is 12.5. The first-order valence-electron chi connectivity index (χ1n) is 7.16. The van der Waals surface area contributed by atoms with Crippen LogP contribution in [0.2, 0.25) is 0 Å². The molecule has 1 saturated carbocycles. The molecule has 0 saturated heterocycles. The van der Waals surface area contributed by atoms with E-state index in [1.165, 1.54) is 12.8 Å². The van der Waals surface area contributed by atoms with Crippen molar-refractivity contribution in [3.8, 4) is 5.75 Å². The van der Waals surface area contributed by atoms with Crippen molar-refractivity contribution in [1.29, 1.82) is 0 Å². The molecular formula is C16H24N2O2. The van der Waals surface area contributed by atoms with E-state index < -0.39 is 5.91 Å². The van der Waals surface area contributed by atoms with Gasteiger partial charge in [-0.15, -0.1) is 0 Å². The number of hydrogen-bond acceptors (Lipinski definition) is 3. The number of hydrogen-bond donors (Lipinski definition) is 2. The lowest BCUT2D eigenvalue weighted by molar-refractivity contribution is 0.100. The molecular weight excluding hydrogens is 252 g/mol. The highest BCUT2D eigenvalue weighted by molar-refractivity contribution is 5.94. The van der Waals surface area contributed by atoms with Gasteiger partial charge in [-0.2, -0.15) is 0 Å². The molecule has 1 fully saturated rings. The minimum absolute atomic E-state index is 0.366. The summed E-state index contributed by atoms with van der Waals surface area (Å²) in [6, 6.07) is 5.67. The lowest BCUT2D eigenvalue weighted by atomic mass is 9.75. The topological polar surface area (TPSA) is 64.3 Å². The standard InChI is InChI=1S/C16H24N2O2/c1-16(2)8-4-5-12(10-16)18-13-9-11(15(17)19)6-7-14(13)20-3/h6-7,9,12,18H,4-5,8,10H2,1-3H3,(H2,17,19). The van der Waals surface area contributed by atoms with Gasteiger partial charge in [0.05, 0.1) is 12.8 Å². The molecule has 1 aromatic rings. The SMILES string of the molecule is COc1ccc(C(N)=O)cc1NC1CCCC(C)(C)C1. The Balaban J connectivity index is 2.18. The fourth-order valence-electron chi connectivity index (χ4n) is 3.02. The highest BCUT2D eigenvalue weighted by Crippen LogP contribution is 2.37. The van der Waals surface area contributed by atoms with E-state index in [-0.39, 0.29) is 0 Å². The zero-order valence-electron chi connectivity index (χ0n) is 12.5. The van der Waals surface area contributed by atoms with Gasteiger partial charge in [0.15, 0.2) is 0 Å². The van der Waals surface area contributed by atoms with Crippen LogP contribution in [-0.4, -0.2) is 19.1 Å². The van der Waals surface area contributed by atoms with E-state index in [4.69, 9.17) is 10.5 Å². The Morgan fingerprint density at radius 1 is 1.45 bits per heavy atom. The van der Waals surface area contributed by atoms with Crippen LogP contribution in [0.15, 0.2) is 18.2 Å². The van der Waals surface area contributed by atoms with Crippen LogP contribution in [0.25, 0.3) is 0 Å². The van der Waals surface area contributed by atoms with E-state index in [1.807, 2.05) is 0 Å². The van der Waals surface area contributed by atoms with Gasteiger partial charge in [0.1, 0.15) is 5.75 Å². The van der Waals surface area contributed by atoms with Crippen LogP contribution in [0.3, 0.4) is 0 Å². The third-order valence-electron chi connectivity index (χ3n) is 4.05. The monoisotopic (exact) mass is 276 g/mol. The van der Waals surface area contributed by atoms with Crippen LogP contribution in [0.5, 0.6) is 5.75 Å². The predicted molar refractivity (Wildman–Crippen MR) is 81.2 cm³/mol. The van der Waals surface area contributed by atoms with E-state index in [0.29, 0.717) is 17.0 Å². The number of nitrogens with one attached hydrogen (secondary N) is 1. The molecule has 0 aromatic heterocycles. The molecule has 1 amide bonds. The number of primary amides is 1. The molecule has 1 atom stereocenters. The smallest absolute Gasteiger partial charge is 0.248 e. The summed E-state index contributed by atoms with van der Waals surface area (Å²) in [6.07, 6.45) is 4.76. The molecule has 1 aliphatic carbocycles. The molecule has 0 aliphatic heterocycles. The van der Waals surface area contributed by atoms with Gasteiger partial charge in [-0.25, -0.2) is 0 Å². The second-order valence-electron chi connectivity index (χ2n) is 6.38. The van der Waals surface area contributed by atoms with Gasteiger partial charge in [0.25, 0.3) is 0 Å². The van der Waals surface area contributed by atoms with Crippen molar-refractivity contribution in [2.24, 2.45) is 11.1 Å². The molecule has 2 rings (SSSR count). The number of anilines is 1. The second kappa shape index (κ2) is 5.73. The zero-order chi connectivity index (χ0) is 14.8. The molecule has 110 valence electrons. The Bertz CT molecular complexity index is 497. The highest BCUT2D eigenvalue weighted by atomic mass is 16.5. The number of ether oxygens (including phenoxy) is 1. The largest absolute Gasteiger partial charge is 0.495 e. The summed E-state index contributed by atoms with van der Waals surface area (Å²) >= 11 is 0. The predicted octanol–water partition coefficient (Wildman–Crippen LogP) is 3.17. The molecule has 3 N–H and O–H groups in total. The Morgan fingerprint density at radius 3 is 2.80 bits per heavy atom. The maximum Gasteiger partial charge on any atom is 0.248 e. The van der Waals surface area contributed by atoms with Gasteiger partial charge in [0, 0.05) is 11.6 Å². The number of methoxy groups -OCH3 is 1. The van der Waals surface area contributed by atoms with E-state index in [1.54, 1.807) is 25.3 Å². The minimum atomic E-state index is -0.417. The van der Waals surface area contributed by atoms with E-state index in [2.05, 4.69) is 19.2 Å². The first-order valence-corrected chi connectivity index (χ1v) is 7.16. The fraction of sp³-hybridized carbons (Fsp3) is 0.562. The Kier molecular flexibility index (Phi) is 4.21. The molecule has 4 nitrogen and oxygen atoms in total. The van der Waals surface area contributed by atoms with Crippen LogP contribution in [0, 0.1) is 5.41 Å². The summed E-state index contributed by atoms with van der Waals surface area (Å²) in [5.74, 6) is 0.332. The quantitative estimate of drug-likeness (QED) is 0.887. The van der Waals surface area contributed by atoms with Gasteiger partial charge < -0.3 is 15.8 Å². The summed E-state index contributed by atoms with van der Waals surface area (Å²) in [6.45, 7) is 4.61. The average Bonchev–Trinajstić information content (AvgIpc) is 2.37. The third kappa shape index (κ3) is 3.44. The molecule has 0 bridgehead atoms. The minimum Gasteiger partial charge on any atom is -0.495 e. The molecule has 0 heterocycles. The number of benzene rings is 1. The van der Waals surface area contributed by atoms with Crippen molar-refractivity contribution in [2.75, 3.05) is 12.4 Å². The highest BCUT2D eigenvalue weighted by Gasteiger charge is 2.28. The normalized spacial score (nSPS) is 21.2.